The number of halogens is 1. The molecule has 0 aliphatic heterocycles. The molecule has 0 radical (unpaired) electrons. The summed E-state index contributed by atoms with van der Waals surface area (Å²) in [6.45, 7) is 3.83. The Kier molecular flexibility index (Phi) is 5.37. The Hall–Kier alpha value is -1.95. The first-order valence-electron chi connectivity index (χ1n) is 8.37. The van der Waals surface area contributed by atoms with Crippen LogP contribution in [0.25, 0.3) is 0 Å². The summed E-state index contributed by atoms with van der Waals surface area (Å²) in [7, 11) is 0. The second-order valence-electron chi connectivity index (χ2n) is 6.04. The van der Waals surface area contributed by atoms with Gasteiger partial charge in [-0.05, 0) is 0 Å². The molecule has 0 amide bonds. The fraction of sp³-hybridized carbons (Fsp3) is 0.0435. The first-order chi connectivity index (χ1) is 12.2. The van der Waals surface area contributed by atoms with E-state index in [9.17, 15) is 0 Å². The Morgan fingerprint density at radius 2 is 1.04 bits per heavy atom. The van der Waals surface area contributed by atoms with E-state index in [4.69, 9.17) is 0 Å². The van der Waals surface area contributed by atoms with Gasteiger partial charge in [-0.25, -0.2) is 0 Å². The van der Waals surface area contributed by atoms with Gasteiger partial charge in [-0.3, -0.25) is 0 Å². The third kappa shape index (κ3) is 3.15. The summed E-state index contributed by atoms with van der Waals surface area (Å²) in [5, 5.41) is 1.21. The van der Waals surface area contributed by atoms with Crippen molar-refractivity contribution in [1.29, 1.82) is 0 Å². The molecule has 0 nitrogen and oxygen atoms in total. The molecule has 3 rings (SSSR count). The van der Waals surface area contributed by atoms with E-state index >= 15 is 0 Å². The Morgan fingerprint density at radius 1 is 0.680 bits per heavy atom. The SMILES string of the molecule is C=C/C=C/CP(Br)(c1ccccc1)(c1ccccc1)c1ccccc1. The predicted octanol–water partition coefficient (Wildman–Crippen LogP) is 5.57. The van der Waals surface area contributed by atoms with Crippen LogP contribution in [-0.4, -0.2) is 6.16 Å². The monoisotopic (exact) mass is 408 g/mol. The minimum atomic E-state index is -2.79. The van der Waals surface area contributed by atoms with Crippen LogP contribution in [0.5, 0.6) is 0 Å². The molecule has 0 saturated carbocycles. The van der Waals surface area contributed by atoms with Crippen molar-refractivity contribution in [1.82, 2.24) is 0 Å². The van der Waals surface area contributed by atoms with Crippen molar-refractivity contribution in [3.05, 3.63) is 116 Å². The zero-order valence-electron chi connectivity index (χ0n) is 14.1. The zero-order chi connectivity index (χ0) is 17.6. The normalized spacial score (nSPS) is 13.2. The number of rotatable bonds is 6. The number of hydrogen-bond donors (Lipinski definition) is 0. The Labute approximate surface area is 158 Å². The number of benzene rings is 3. The minimum absolute atomic E-state index is 0.898. The first kappa shape index (κ1) is 17.9. The number of hydrogen-bond acceptors (Lipinski definition) is 0. The van der Waals surface area contributed by atoms with E-state index in [1.165, 1.54) is 15.9 Å². The Morgan fingerprint density at radius 3 is 1.36 bits per heavy atom. The molecule has 3 aromatic carbocycles. The molecule has 25 heavy (non-hydrogen) atoms. The molecule has 0 unspecified atom stereocenters. The second kappa shape index (κ2) is 7.52. The molecule has 0 aliphatic rings. The maximum absolute atomic E-state index is 4.39. The van der Waals surface area contributed by atoms with Gasteiger partial charge in [0.1, 0.15) is 0 Å². The van der Waals surface area contributed by atoms with Gasteiger partial charge in [0.25, 0.3) is 0 Å². The van der Waals surface area contributed by atoms with Gasteiger partial charge in [0.05, 0.1) is 0 Å². The Bertz CT molecular complexity index is 755. The summed E-state index contributed by atoms with van der Waals surface area (Å²) in [5.74, 6) is 0. The van der Waals surface area contributed by atoms with Crippen molar-refractivity contribution in [2.45, 2.75) is 0 Å². The third-order valence-electron chi connectivity index (χ3n) is 4.60. The molecule has 0 saturated heterocycles. The average Bonchev–Trinajstić information content (AvgIpc) is 2.70. The van der Waals surface area contributed by atoms with Crippen molar-refractivity contribution in [2.75, 3.05) is 6.16 Å². The van der Waals surface area contributed by atoms with Gasteiger partial charge in [0, 0.05) is 0 Å². The van der Waals surface area contributed by atoms with Crippen molar-refractivity contribution in [3.8, 4) is 0 Å². The number of allylic oxidation sites excluding steroid dienone is 3. The molecule has 126 valence electrons. The molecule has 0 aromatic heterocycles. The molecule has 2 heteroatoms. The summed E-state index contributed by atoms with van der Waals surface area (Å²) < 4.78 is 0. The first-order valence-corrected chi connectivity index (χ1v) is 12.8. The van der Waals surface area contributed by atoms with Crippen molar-refractivity contribution in [3.63, 3.8) is 0 Å². The van der Waals surface area contributed by atoms with Crippen LogP contribution < -0.4 is 15.9 Å². The van der Waals surface area contributed by atoms with Crippen LogP contribution in [0.4, 0.5) is 0 Å². The zero-order valence-corrected chi connectivity index (χ0v) is 16.6. The Balaban J connectivity index is 2.40. The fourth-order valence-corrected chi connectivity index (χ4v) is 10.4. The van der Waals surface area contributed by atoms with Gasteiger partial charge in [-0.15, -0.1) is 0 Å². The van der Waals surface area contributed by atoms with E-state index in [-0.39, 0.29) is 0 Å². The van der Waals surface area contributed by atoms with E-state index in [1.54, 1.807) is 0 Å². The molecular weight excluding hydrogens is 387 g/mol. The molecular formula is C23H22BrP. The average molecular weight is 409 g/mol. The summed E-state index contributed by atoms with van der Waals surface area (Å²) in [5.41, 5.74) is 0. The van der Waals surface area contributed by atoms with Crippen molar-refractivity contribution < 1.29 is 0 Å². The molecule has 0 heterocycles. The van der Waals surface area contributed by atoms with E-state index < -0.39 is 5.31 Å². The van der Waals surface area contributed by atoms with Crippen molar-refractivity contribution >= 4 is 36.7 Å². The van der Waals surface area contributed by atoms with Gasteiger partial charge >= 0.3 is 159 Å². The molecule has 0 atom stereocenters. The van der Waals surface area contributed by atoms with Crippen LogP contribution >= 0.6 is 20.8 Å². The van der Waals surface area contributed by atoms with E-state index in [2.05, 4.69) is 119 Å². The fourth-order valence-electron chi connectivity index (χ4n) is 3.33. The van der Waals surface area contributed by atoms with Gasteiger partial charge in [-0.2, -0.15) is 0 Å². The maximum atomic E-state index is 4.39. The van der Waals surface area contributed by atoms with E-state index in [0.29, 0.717) is 0 Å². The summed E-state index contributed by atoms with van der Waals surface area (Å²) in [4.78, 5) is 0. The quantitative estimate of drug-likeness (QED) is 0.369. The van der Waals surface area contributed by atoms with Gasteiger partial charge in [0.15, 0.2) is 0 Å². The van der Waals surface area contributed by atoms with E-state index in [1.807, 2.05) is 12.2 Å². The van der Waals surface area contributed by atoms with Crippen LogP contribution in [0.3, 0.4) is 0 Å². The van der Waals surface area contributed by atoms with E-state index in [0.717, 1.165) is 6.16 Å². The summed E-state index contributed by atoms with van der Waals surface area (Å²) >= 11 is 4.39. The van der Waals surface area contributed by atoms with Gasteiger partial charge < -0.3 is 0 Å². The summed E-state index contributed by atoms with van der Waals surface area (Å²) in [6.07, 6.45) is 7.01. The van der Waals surface area contributed by atoms with Crippen LogP contribution in [0.15, 0.2) is 116 Å². The van der Waals surface area contributed by atoms with Crippen LogP contribution in [0.2, 0.25) is 0 Å². The summed E-state index contributed by atoms with van der Waals surface area (Å²) in [6, 6.07) is 32.5. The van der Waals surface area contributed by atoms with Crippen LogP contribution in [-0.2, 0) is 0 Å². The van der Waals surface area contributed by atoms with Gasteiger partial charge in [-0.1, -0.05) is 0 Å². The molecule has 0 spiro atoms. The van der Waals surface area contributed by atoms with Crippen LogP contribution in [0, 0.1) is 0 Å². The second-order valence-corrected chi connectivity index (χ2v) is 15.0. The molecule has 0 aliphatic carbocycles. The topological polar surface area (TPSA) is 0 Å². The molecule has 0 fully saturated rings. The standard InChI is InChI=1S/C23H22BrP/c1-2-3-13-20-25(24,21-14-7-4-8-15-21,22-16-9-5-10-17-22)23-18-11-6-12-19-23/h2-19H,1,20H2/b13-3+. The van der Waals surface area contributed by atoms with Crippen LogP contribution in [0.1, 0.15) is 0 Å². The molecule has 3 aromatic rings. The predicted molar refractivity (Wildman–Crippen MR) is 118 cm³/mol. The molecule has 0 bridgehead atoms. The van der Waals surface area contributed by atoms with Crippen molar-refractivity contribution in [2.24, 2.45) is 0 Å². The molecule has 0 N–H and O–H groups in total. The van der Waals surface area contributed by atoms with Gasteiger partial charge in [0.2, 0.25) is 0 Å². The third-order valence-corrected chi connectivity index (χ3v) is 14.2.